The van der Waals surface area contributed by atoms with Gasteiger partial charge in [0.25, 0.3) is 0 Å². The van der Waals surface area contributed by atoms with Crippen LogP contribution < -0.4 is 9.47 Å². The van der Waals surface area contributed by atoms with Crippen molar-refractivity contribution in [1.82, 2.24) is 0 Å². The second-order valence-corrected chi connectivity index (χ2v) is 5.41. The van der Waals surface area contributed by atoms with E-state index in [1.165, 1.54) is 13.2 Å². The molecular weight excluding hydrogens is 404 g/mol. The van der Waals surface area contributed by atoms with Gasteiger partial charge >= 0.3 is 24.3 Å². The van der Waals surface area contributed by atoms with Crippen molar-refractivity contribution in [3.63, 3.8) is 0 Å². The summed E-state index contributed by atoms with van der Waals surface area (Å²) in [6, 6.07) is 4.58. The van der Waals surface area contributed by atoms with E-state index in [9.17, 15) is 27.2 Å². The standard InChI is InChI=1S/C14H13BrF4O5/c1-22-10-6-8(15)2-3-9(10)24-12(21)5-4-11(20)23-7-14(18,19)13(16)17/h2-3,6,13H,4-5,7H2,1H3. The Hall–Kier alpha value is -1.84. The van der Waals surface area contributed by atoms with Gasteiger partial charge in [0.1, 0.15) is 0 Å². The average molecular weight is 417 g/mol. The molecule has 0 bridgehead atoms. The Morgan fingerprint density at radius 3 is 2.38 bits per heavy atom. The minimum Gasteiger partial charge on any atom is -0.493 e. The average Bonchev–Trinajstić information content (AvgIpc) is 2.52. The molecular formula is C14H13BrF4O5. The van der Waals surface area contributed by atoms with E-state index in [0.29, 0.717) is 4.47 Å². The molecule has 0 heterocycles. The monoisotopic (exact) mass is 416 g/mol. The first kappa shape index (κ1) is 20.2. The van der Waals surface area contributed by atoms with E-state index in [2.05, 4.69) is 20.7 Å². The molecule has 0 saturated heterocycles. The van der Waals surface area contributed by atoms with Gasteiger partial charge in [-0.1, -0.05) is 15.9 Å². The first-order valence-corrected chi connectivity index (χ1v) is 7.31. The number of benzene rings is 1. The fraction of sp³-hybridized carbons (Fsp3) is 0.429. The van der Waals surface area contributed by atoms with Gasteiger partial charge in [-0.05, 0) is 18.2 Å². The summed E-state index contributed by atoms with van der Waals surface area (Å²) in [4.78, 5) is 22.8. The highest BCUT2D eigenvalue weighted by Crippen LogP contribution is 2.30. The molecule has 0 radical (unpaired) electrons. The lowest BCUT2D eigenvalue weighted by Gasteiger charge is -2.14. The van der Waals surface area contributed by atoms with Gasteiger partial charge in [0.2, 0.25) is 0 Å². The van der Waals surface area contributed by atoms with Crippen LogP contribution in [0.25, 0.3) is 0 Å². The van der Waals surface area contributed by atoms with Crippen LogP contribution in [0.4, 0.5) is 17.6 Å². The number of carbonyl (C=O) groups excluding carboxylic acids is 2. The lowest BCUT2D eigenvalue weighted by molar-refractivity contribution is -0.180. The minimum absolute atomic E-state index is 0.100. The van der Waals surface area contributed by atoms with Crippen LogP contribution in [0.3, 0.4) is 0 Å². The highest BCUT2D eigenvalue weighted by atomic mass is 79.9. The zero-order valence-electron chi connectivity index (χ0n) is 12.4. The highest BCUT2D eigenvalue weighted by molar-refractivity contribution is 9.10. The third kappa shape index (κ3) is 6.34. The van der Waals surface area contributed by atoms with Gasteiger partial charge in [0.05, 0.1) is 20.0 Å². The summed E-state index contributed by atoms with van der Waals surface area (Å²) < 4.78 is 63.6. The van der Waals surface area contributed by atoms with Crippen LogP contribution in [0.5, 0.6) is 11.5 Å². The Morgan fingerprint density at radius 2 is 1.79 bits per heavy atom. The summed E-state index contributed by atoms with van der Waals surface area (Å²) in [6.45, 7) is -1.75. The zero-order valence-corrected chi connectivity index (χ0v) is 13.9. The number of carbonyl (C=O) groups is 2. The second-order valence-electron chi connectivity index (χ2n) is 4.49. The minimum atomic E-state index is -4.43. The Balaban J connectivity index is 2.45. The highest BCUT2D eigenvalue weighted by Gasteiger charge is 2.42. The number of esters is 2. The van der Waals surface area contributed by atoms with Gasteiger partial charge in [0.15, 0.2) is 18.1 Å². The van der Waals surface area contributed by atoms with Crippen molar-refractivity contribution in [3.05, 3.63) is 22.7 Å². The number of hydrogen-bond donors (Lipinski definition) is 0. The molecule has 1 aromatic rings. The topological polar surface area (TPSA) is 61.8 Å². The van der Waals surface area contributed by atoms with Crippen molar-refractivity contribution >= 4 is 27.9 Å². The first-order valence-electron chi connectivity index (χ1n) is 6.51. The number of ether oxygens (including phenoxy) is 3. The maximum atomic E-state index is 12.6. The van der Waals surface area contributed by atoms with Crippen molar-refractivity contribution < 1.29 is 41.4 Å². The molecule has 0 fully saturated rings. The van der Waals surface area contributed by atoms with E-state index in [0.717, 1.165) is 0 Å². The fourth-order valence-electron chi connectivity index (χ4n) is 1.42. The van der Waals surface area contributed by atoms with E-state index < -0.39 is 43.7 Å². The van der Waals surface area contributed by atoms with Crippen molar-refractivity contribution in [2.24, 2.45) is 0 Å². The largest absolute Gasteiger partial charge is 0.493 e. The summed E-state index contributed by atoms with van der Waals surface area (Å²) in [5.41, 5.74) is 0. The lowest BCUT2D eigenvalue weighted by atomic mass is 10.3. The van der Waals surface area contributed by atoms with E-state index >= 15 is 0 Å². The van der Waals surface area contributed by atoms with Crippen LogP contribution in [-0.4, -0.2) is 38.0 Å². The Kier molecular flexibility index (Phi) is 7.46. The van der Waals surface area contributed by atoms with Crippen LogP contribution in [0.1, 0.15) is 12.8 Å². The molecule has 1 aromatic carbocycles. The number of rotatable bonds is 8. The van der Waals surface area contributed by atoms with Gasteiger partial charge in [-0.25, -0.2) is 8.78 Å². The molecule has 24 heavy (non-hydrogen) atoms. The summed E-state index contributed by atoms with van der Waals surface area (Å²) in [5, 5.41) is 0. The molecule has 0 atom stereocenters. The summed E-state index contributed by atoms with van der Waals surface area (Å²) >= 11 is 3.20. The predicted octanol–water partition coefficient (Wildman–Crippen LogP) is 3.59. The van der Waals surface area contributed by atoms with Gasteiger partial charge < -0.3 is 14.2 Å². The first-order chi connectivity index (χ1) is 11.2. The molecule has 134 valence electrons. The van der Waals surface area contributed by atoms with Crippen LogP contribution in [0, 0.1) is 0 Å². The Morgan fingerprint density at radius 1 is 1.17 bits per heavy atom. The number of alkyl halides is 4. The van der Waals surface area contributed by atoms with E-state index in [-0.39, 0.29) is 11.5 Å². The van der Waals surface area contributed by atoms with Gasteiger partial charge in [-0.3, -0.25) is 9.59 Å². The maximum Gasteiger partial charge on any atom is 0.340 e. The summed E-state index contributed by atoms with van der Waals surface area (Å²) in [7, 11) is 1.36. The molecule has 0 aliphatic heterocycles. The van der Waals surface area contributed by atoms with Crippen LogP contribution in [0.15, 0.2) is 22.7 Å². The number of hydrogen-bond acceptors (Lipinski definition) is 5. The van der Waals surface area contributed by atoms with E-state index in [1.54, 1.807) is 12.1 Å². The quantitative estimate of drug-likeness (QED) is 0.368. The molecule has 1 rings (SSSR count). The second kappa shape index (κ2) is 8.86. The molecule has 10 heteroatoms. The molecule has 0 spiro atoms. The van der Waals surface area contributed by atoms with E-state index in [4.69, 9.17) is 9.47 Å². The molecule has 0 saturated carbocycles. The maximum absolute atomic E-state index is 12.6. The predicted molar refractivity (Wildman–Crippen MR) is 77.5 cm³/mol. The third-order valence-electron chi connectivity index (χ3n) is 2.63. The normalized spacial score (nSPS) is 11.3. The zero-order chi connectivity index (χ0) is 18.3. The number of methoxy groups -OCH3 is 1. The van der Waals surface area contributed by atoms with Gasteiger partial charge in [-0.15, -0.1) is 0 Å². The summed E-state index contributed by atoms with van der Waals surface area (Å²) in [6.07, 6.45) is -5.00. The SMILES string of the molecule is COc1cc(Br)ccc1OC(=O)CCC(=O)OCC(F)(F)C(F)F. The van der Waals surface area contributed by atoms with Crippen LogP contribution >= 0.6 is 15.9 Å². The van der Waals surface area contributed by atoms with E-state index in [1.807, 2.05) is 0 Å². The van der Waals surface area contributed by atoms with Crippen molar-refractivity contribution in [2.75, 3.05) is 13.7 Å². The van der Waals surface area contributed by atoms with Gasteiger partial charge in [-0.2, -0.15) is 8.78 Å². The molecule has 5 nitrogen and oxygen atoms in total. The number of halogens is 5. The molecule has 0 amide bonds. The molecule has 0 aliphatic carbocycles. The molecule has 0 aliphatic rings. The van der Waals surface area contributed by atoms with Crippen molar-refractivity contribution in [1.29, 1.82) is 0 Å². The van der Waals surface area contributed by atoms with Gasteiger partial charge in [0, 0.05) is 4.47 Å². The van der Waals surface area contributed by atoms with Crippen LogP contribution in [-0.2, 0) is 14.3 Å². The molecule has 0 N–H and O–H groups in total. The van der Waals surface area contributed by atoms with Crippen molar-refractivity contribution in [3.8, 4) is 11.5 Å². The van der Waals surface area contributed by atoms with Crippen LogP contribution in [0.2, 0.25) is 0 Å². The third-order valence-corrected chi connectivity index (χ3v) is 3.12. The molecule has 0 aromatic heterocycles. The van der Waals surface area contributed by atoms with Crippen molar-refractivity contribution in [2.45, 2.75) is 25.2 Å². The Labute approximate surface area is 143 Å². The Bertz CT molecular complexity index is 595. The molecule has 0 unspecified atom stereocenters. The fourth-order valence-corrected chi connectivity index (χ4v) is 1.76. The summed E-state index contributed by atoms with van der Waals surface area (Å²) in [5.74, 6) is -6.12. The smallest absolute Gasteiger partial charge is 0.340 e. The lowest BCUT2D eigenvalue weighted by Crippen LogP contribution is -2.33.